The molecule has 3 nitrogen and oxygen atoms in total. The Bertz CT molecular complexity index is 456. The van der Waals surface area contributed by atoms with Crippen molar-refractivity contribution in [2.75, 3.05) is 20.2 Å². The third-order valence-corrected chi connectivity index (χ3v) is 3.81. The maximum atomic E-state index is 12.7. The summed E-state index contributed by atoms with van der Waals surface area (Å²) >= 11 is 0. The molecule has 1 atom stereocenters. The van der Waals surface area contributed by atoms with E-state index < -0.39 is 11.7 Å². The number of ether oxygens (including phenoxy) is 1. The van der Waals surface area contributed by atoms with Crippen LogP contribution in [0.1, 0.15) is 30.0 Å². The van der Waals surface area contributed by atoms with E-state index in [4.69, 9.17) is 10.5 Å². The summed E-state index contributed by atoms with van der Waals surface area (Å²) in [6.45, 7) is 1.78. The maximum absolute atomic E-state index is 12.7. The third-order valence-electron chi connectivity index (χ3n) is 3.81. The Hall–Kier alpha value is -1.27. The monoisotopic (exact) mass is 288 g/mol. The first-order chi connectivity index (χ1) is 9.43. The van der Waals surface area contributed by atoms with E-state index in [2.05, 4.69) is 5.32 Å². The molecule has 0 radical (unpaired) electrons. The molecule has 1 aromatic carbocycles. The minimum absolute atomic E-state index is 0.214. The summed E-state index contributed by atoms with van der Waals surface area (Å²) in [7, 11) is 1.37. The van der Waals surface area contributed by atoms with Gasteiger partial charge in [-0.25, -0.2) is 0 Å². The van der Waals surface area contributed by atoms with Gasteiger partial charge in [0, 0.05) is 11.6 Å². The smallest absolute Gasteiger partial charge is 0.416 e. The van der Waals surface area contributed by atoms with Crippen LogP contribution in [0.2, 0.25) is 0 Å². The normalized spacial score (nSPS) is 18.9. The van der Waals surface area contributed by atoms with Crippen LogP contribution in [0.5, 0.6) is 5.75 Å². The number of piperidine rings is 1. The zero-order chi connectivity index (χ0) is 14.8. The second kappa shape index (κ2) is 6.01. The highest BCUT2D eigenvalue weighted by atomic mass is 19.4. The Morgan fingerprint density at radius 1 is 1.30 bits per heavy atom. The van der Waals surface area contributed by atoms with Gasteiger partial charge in [-0.1, -0.05) is 6.07 Å². The molecular weight excluding hydrogens is 269 g/mol. The molecule has 0 bridgehead atoms. The Kier molecular flexibility index (Phi) is 4.55. The summed E-state index contributed by atoms with van der Waals surface area (Å²) in [5.41, 5.74) is 6.15. The van der Waals surface area contributed by atoms with Crippen LogP contribution in [0.15, 0.2) is 18.2 Å². The van der Waals surface area contributed by atoms with Gasteiger partial charge >= 0.3 is 6.18 Å². The molecule has 1 fully saturated rings. The quantitative estimate of drug-likeness (QED) is 0.899. The van der Waals surface area contributed by atoms with Crippen LogP contribution in [-0.2, 0) is 6.18 Å². The highest BCUT2D eigenvalue weighted by Crippen LogP contribution is 2.37. The fourth-order valence-electron chi connectivity index (χ4n) is 2.62. The van der Waals surface area contributed by atoms with E-state index in [1.165, 1.54) is 13.2 Å². The molecule has 1 aromatic rings. The van der Waals surface area contributed by atoms with Gasteiger partial charge in [-0.3, -0.25) is 0 Å². The zero-order valence-electron chi connectivity index (χ0n) is 11.3. The Morgan fingerprint density at radius 3 is 2.50 bits per heavy atom. The van der Waals surface area contributed by atoms with Crippen molar-refractivity contribution in [3.05, 3.63) is 29.3 Å². The molecule has 0 unspecified atom stereocenters. The van der Waals surface area contributed by atoms with Gasteiger partial charge in [0.2, 0.25) is 0 Å². The molecule has 1 heterocycles. The number of hydrogen-bond donors (Lipinski definition) is 2. The molecule has 1 saturated heterocycles. The largest absolute Gasteiger partial charge is 0.496 e. The molecule has 1 aliphatic heterocycles. The van der Waals surface area contributed by atoms with Gasteiger partial charge in [0.25, 0.3) is 0 Å². The van der Waals surface area contributed by atoms with Crippen molar-refractivity contribution in [1.29, 1.82) is 0 Å². The summed E-state index contributed by atoms with van der Waals surface area (Å²) < 4.78 is 43.2. The zero-order valence-corrected chi connectivity index (χ0v) is 11.3. The van der Waals surface area contributed by atoms with Gasteiger partial charge < -0.3 is 15.8 Å². The van der Waals surface area contributed by atoms with Crippen LogP contribution in [0.25, 0.3) is 0 Å². The summed E-state index contributed by atoms with van der Waals surface area (Å²) in [5, 5.41) is 3.24. The molecule has 20 heavy (non-hydrogen) atoms. The average molecular weight is 288 g/mol. The number of alkyl halides is 3. The number of benzene rings is 1. The molecular formula is C14H19F3N2O. The molecule has 112 valence electrons. The topological polar surface area (TPSA) is 47.3 Å². The van der Waals surface area contributed by atoms with E-state index in [1.807, 2.05) is 0 Å². The summed E-state index contributed by atoms with van der Waals surface area (Å²) in [5.74, 6) is 0.479. The number of nitrogens with one attached hydrogen (secondary N) is 1. The van der Waals surface area contributed by atoms with E-state index in [0.717, 1.165) is 38.1 Å². The molecule has 0 aliphatic carbocycles. The lowest BCUT2D eigenvalue weighted by molar-refractivity contribution is -0.137. The van der Waals surface area contributed by atoms with E-state index in [1.54, 1.807) is 0 Å². The molecule has 0 saturated carbocycles. The van der Waals surface area contributed by atoms with E-state index >= 15 is 0 Å². The van der Waals surface area contributed by atoms with Crippen molar-refractivity contribution < 1.29 is 17.9 Å². The van der Waals surface area contributed by atoms with Gasteiger partial charge in [0.1, 0.15) is 5.75 Å². The first-order valence-corrected chi connectivity index (χ1v) is 6.65. The second-order valence-corrected chi connectivity index (χ2v) is 5.07. The lowest BCUT2D eigenvalue weighted by Gasteiger charge is -2.29. The van der Waals surface area contributed by atoms with Crippen LogP contribution in [-0.4, -0.2) is 20.2 Å². The van der Waals surface area contributed by atoms with Crippen molar-refractivity contribution in [3.63, 3.8) is 0 Å². The van der Waals surface area contributed by atoms with Gasteiger partial charge in [-0.15, -0.1) is 0 Å². The number of rotatable bonds is 3. The Labute approximate surface area is 116 Å². The molecule has 2 rings (SSSR count). The van der Waals surface area contributed by atoms with Crippen LogP contribution < -0.4 is 15.8 Å². The van der Waals surface area contributed by atoms with E-state index in [-0.39, 0.29) is 17.7 Å². The van der Waals surface area contributed by atoms with Crippen LogP contribution in [0.4, 0.5) is 13.2 Å². The number of hydrogen-bond acceptors (Lipinski definition) is 3. The van der Waals surface area contributed by atoms with Gasteiger partial charge in [-0.05, 0) is 44.0 Å². The molecule has 0 aromatic heterocycles. The van der Waals surface area contributed by atoms with Gasteiger partial charge in [0.15, 0.2) is 0 Å². The summed E-state index contributed by atoms with van der Waals surface area (Å²) in [6.07, 6.45) is -2.53. The van der Waals surface area contributed by atoms with Gasteiger partial charge in [-0.2, -0.15) is 13.2 Å². The standard InChI is InChI=1S/C14H19F3N2O/c1-20-12-8-10(14(15,16)17)2-3-11(12)13(18)9-4-6-19-7-5-9/h2-3,8-9,13,19H,4-7,18H2,1H3/t13-/m1/s1. The van der Waals surface area contributed by atoms with Crippen molar-refractivity contribution in [2.24, 2.45) is 11.7 Å². The van der Waals surface area contributed by atoms with E-state index in [0.29, 0.717) is 5.56 Å². The lowest BCUT2D eigenvalue weighted by atomic mass is 9.86. The predicted octanol–water partition coefficient (Wildman–Crippen LogP) is 2.71. The van der Waals surface area contributed by atoms with Crippen molar-refractivity contribution >= 4 is 0 Å². The number of halogens is 3. The van der Waals surface area contributed by atoms with Crippen LogP contribution in [0.3, 0.4) is 0 Å². The van der Waals surface area contributed by atoms with Crippen molar-refractivity contribution in [3.8, 4) is 5.75 Å². The number of methoxy groups -OCH3 is 1. The SMILES string of the molecule is COc1cc(C(F)(F)F)ccc1[C@H](N)C1CCNCC1. The Morgan fingerprint density at radius 2 is 1.95 bits per heavy atom. The molecule has 6 heteroatoms. The summed E-state index contributed by atoms with van der Waals surface area (Å²) in [6, 6.07) is 3.23. The average Bonchev–Trinajstić information content (AvgIpc) is 2.45. The van der Waals surface area contributed by atoms with Crippen LogP contribution >= 0.6 is 0 Å². The maximum Gasteiger partial charge on any atom is 0.416 e. The fourth-order valence-corrected chi connectivity index (χ4v) is 2.62. The van der Waals surface area contributed by atoms with Crippen molar-refractivity contribution in [1.82, 2.24) is 5.32 Å². The van der Waals surface area contributed by atoms with Crippen LogP contribution in [0, 0.1) is 5.92 Å². The first-order valence-electron chi connectivity index (χ1n) is 6.65. The summed E-state index contributed by atoms with van der Waals surface area (Å²) in [4.78, 5) is 0. The molecule has 1 aliphatic rings. The molecule has 0 amide bonds. The van der Waals surface area contributed by atoms with E-state index in [9.17, 15) is 13.2 Å². The third kappa shape index (κ3) is 3.24. The minimum atomic E-state index is -4.37. The minimum Gasteiger partial charge on any atom is -0.496 e. The molecule has 0 spiro atoms. The fraction of sp³-hybridized carbons (Fsp3) is 0.571. The van der Waals surface area contributed by atoms with Gasteiger partial charge in [0.05, 0.1) is 12.7 Å². The first kappa shape index (κ1) is 15.1. The second-order valence-electron chi connectivity index (χ2n) is 5.07. The highest BCUT2D eigenvalue weighted by Gasteiger charge is 2.32. The van der Waals surface area contributed by atoms with Crippen molar-refractivity contribution in [2.45, 2.75) is 25.1 Å². The Balaban J connectivity index is 2.26. The number of nitrogens with two attached hydrogens (primary N) is 1. The predicted molar refractivity (Wildman–Crippen MR) is 70.5 cm³/mol. The lowest BCUT2D eigenvalue weighted by Crippen LogP contribution is -2.34. The highest BCUT2D eigenvalue weighted by molar-refractivity contribution is 5.41. The molecule has 3 N–H and O–H groups in total.